The summed E-state index contributed by atoms with van der Waals surface area (Å²) in [6, 6.07) is 8.60. The number of hydrogen-bond donors (Lipinski definition) is 0. The van der Waals surface area contributed by atoms with Crippen molar-refractivity contribution in [2.45, 2.75) is 54.5 Å². The molecule has 1 aliphatic heterocycles. The summed E-state index contributed by atoms with van der Waals surface area (Å²) >= 11 is 0. The third-order valence-corrected chi connectivity index (χ3v) is 4.58. The van der Waals surface area contributed by atoms with Crippen molar-refractivity contribution in [2.24, 2.45) is 0 Å². The van der Waals surface area contributed by atoms with Gasteiger partial charge in [0.15, 0.2) is 0 Å². The van der Waals surface area contributed by atoms with Crippen LogP contribution in [0.2, 0.25) is 0 Å². The van der Waals surface area contributed by atoms with Crippen LogP contribution in [0, 0.1) is 0 Å². The lowest BCUT2D eigenvalue weighted by Gasteiger charge is -2.29. The minimum atomic E-state index is 0.812. The summed E-state index contributed by atoms with van der Waals surface area (Å²) in [5.74, 6) is 0. The van der Waals surface area contributed by atoms with Gasteiger partial charge in [0, 0.05) is 36.5 Å². The number of allylic oxidation sites excluding steroid dienone is 3. The maximum atomic E-state index is 4.55. The topological polar surface area (TPSA) is 34.0 Å². The number of hydrogen-bond acceptors (Lipinski definition) is 3. The van der Waals surface area contributed by atoms with Crippen molar-refractivity contribution in [2.75, 3.05) is 18.0 Å². The van der Waals surface area contributed by atoms with Crippen molar-refractivity contribution in [3.05, 3.63) is 47.7 Å². The first-order valence-electron chi connectivity index (χ1n) is 9.85. The van der Waals surface area contributed by atoms with E-state index in [1.165, 1.54) is 22.4 Å². The monoisotopic (exact) mass is 352 g/mol. The molecular weight excluding hydrogens is 320 g/mol. The molecule has 0 unspecified atom stereocenters. The van der Waals surface area contributed by atoms with Crippen LogP contribution < -0.4 is 4.90 Å². The maximum Gasteiger partial charge on any atom is 0.121 e. The van der Waals surface area contributed by atoms with Crippen LogP contribution in [0.3, 0.4) is 0 Å². The van der Waals surface area contributed by atoms with Gasteiger partial charge in [-0.2, -0.15) is 0 Å². The molecule has 2 aromatic rings. The van der Waals surface area contributed by atoms with Crippen LogP contribution in [-0.4, -0.2) is 28.1 Å². The highest BCUT2D eigenvalue weighted by molar-refractivity contribution is 5.89. The summed E-state index contributed by atoms with van der Waals surface area (Å²) in [5.41, 5.74) is 7.15. The average Bonchev–Trinajstić information content (AvgIpc) is 3.10. The van der Waals surface area contributed by atoms with Crippen molar-refractivity contribution < 1.29 is 0 Å². The van der Waals surface area contributed by atoms with Crippen LogP contribution in [-0.2, 0) is 6.54 Å². The Bertz CT molecular complexity index is 783. The second-order valence-corrected chi connectivity index (χ2v) is 6.14. The minimum absolute atomic E-state index is 0.812. The van der Waals surface area contributed by atoms with Gasteiger partial charge in [-0.3, -0.25) is 0 Å². The van der Waals surface area contributed by atoms with Crippen LogP contribution in [0.4, 0.5) is 5.69 Å². The Morgan fingerprint density at radius 3 is 2.46 bits per heavy atom. The Kier molecular flexibility index (Phi) is 7.19. The zero-order chi connectivity index (χ0) is 19.1. The summed E-state index contributed by atoms with van der Waals surface area (Å²) in [4.78, 5) is 2.43. The number of aryl methyl sites for hydroxylation is 1. The number of rotatable bonds is 4. The summed E-state index contributed by atoms with van der Waals surface area (Å²) in [5, 5.41) is 8.97. The van der Waals surface area contributed by atoms with E-state index in [2.05, 4.69) is 79.3 Å². The summed E-state index contributed by atoms with van der Waals surface area (Å²) in [6.45, 7) is 15.4. The smallest absolute Gasteiger partial charge is 0.121 e. The molecule has 0 aliphatic carbocycles. The Balaban J connectivity index is 0.00000117. The Labute approximate surface area is 158 Å². The van der Waals surface area contributed by atoms with Crippen molar-refractivity contribution in [1.82, 2.24) is 15.0 Å². The number of para-hydroxylation sites is 1. The maximum absolute atomic E-state index is 4.55. The van der Waals surface area contributed by atoms with Crippen LogP contribution in [0.15, 0.2) is 42.0 Å². The number of likely N-dealkylation sites (N-methyl/N-ethyl adjacent to an activating group) is 1. The predicted octanol–water partition coefficient (Wildman–Crippen LogP) is 5.57. The molecule has 1 aliphatic rings. The standard InChI is InChI=1S/C20H26N4.C2H6/c1-5-8-11-16-15(4)14-23(6-2)18-13-10-9-12-17(18)20-19(16)21-22-24(20)7-3;1-2/h8-13H,5-7,14H2,1-4H3;1-2H3/b11-8-,16-15-;. The van der Waals surface area contributed by atoms with Crippen LogP contribution in [0.5, 0.6) is 0 Å². The van der Waals surface area contributed by atoms with Crippen molar-refractivity contribution in [1.29, 1.82) is 0 Å². The minimum Gasteiger partial charge on any atom is -0.367 e. The molecule has 0 bridgehead atoms. The molecule has 0 saturated heterocycles. The van der Waals surface area contributed by atoms with Gasteiger partial charge < -0.3 is 4.90 Å². The first kappa shape index (κ1) is 20.0. The van der Waals surface area contributed by atoms with Crippen molar-refractivity contribution in [3.8, 4) is 11.3 Å². The van der Waals surface area contributed by atoms with Crippen LogP contribution >= 0.6 is 0 Å². The van der Waals surface area contributed by atoms with Crippen LogP contribution in [0.25, 0.3) is 16.8 Å². The van der Waals surface area contributed by atoms with E-state index in [1.54, 1.807) is 0 Å². The van der Waals surface area contributed by atoms with E-state index >= 15 is 0 Å². The quantitative estimate of drug-likeness (QED) is 0.721. The fourth-order valence-electron chi connectivity index (χ4n) is 3.33. The first-order valence-corrected chi connectivity index (χ1v) is 9.85. The zero-order valence-electron chi connectivity index (χ0n) is 17.1. The normalized spacial score (nSPS) is 16.5. The molecule has 0 spiro atoms. The fourth-order valence-corrected chi connectivity index (χ4v) is 3.33. The van der Waals surface area contributed by atoms with E-state index in [4.69, 9.17) is 0 Å². The molecule has 4 nitrogen and oxygen atoms in total. The molecule has 4 heteroatoms. The highest BCUT2D eigenvalue weighted by atomic mass is 15.4. The molecular formula is C22H32N4. The molecule has 0 N–H and O–H groups in total. The zero-order valence-corrected chi connectivity index (χ0v) is 17.1. The summed E-state index contributed by atoms with van der Waals surface area (Å²) in [7, 11) is 0. The van der Waals surface area contributed by atoms with E-state index in [1.807, 2.05) is 18.5 Å². The van der Waals surface area contributed by atoms with Crippen LogP contribution in [0.1, 0.15) is 53.7 Å². The predicted molar refractivity (Wildman–Crippen MR) is 112 cm³/mol. The lowest BCUT2D eigenvalue weighted by Crippen LogP contribution is -2.27. The van der Waals surface area contributed by atoms with E-state index in [0.717, 1.165) is 37.4 Å². The van der Waals surface area contributed by atoms with Gasteiger partial charge in [0.25, 0.3) is 0 Å². The van der Waals surface area contributed by atoms with E-state index < -0.39 is 0 Å². The third kappa shape index (κ3) is 3.74. The van der Waals surface area contributed by atoms with Gasteiger partial charge in [0.1, 0.15) is 5.69 Å². The third-order valence-electron chi connectivity index (χ3n) is 4.58. The lowest BCUT2D eigenvalue weighted by molar-refractivity contribution is 0.632. The van der Waals surface area contributed by atoms with Gasteiger partial charge in [0.2, 0.25) is 0 Å². The molecule has 3 rings (SSSR count). The Hall–Kier alpha value is -2.36. The molecule has 1 aromatic carbocycles. The SMILES string of the molecule is CC.CC/C=C\C1=C(/C)CN(CC)c2ccccc2-c2c1nnn2CC. The molecule has 1 aromatic heterocycles. The molecule has 0 fully saturated rings. The number of anilines is 1. The molecule has 0 amide bonds. The van der Waals surface area contributed by atoms with Gasteiger partial charge in [0.05, 0.1) is 5.69 Å². The number of aromatic nitrogens is 3. The Morgan fingerprint density at radius 1 is 1.08 bits per heavy atom. The summed E-state index contributed by atoms with van der Waals surface area (Å²) in [6.07, 6.45) is 5.43. The summed E-state index contributed by atoms with van der Waals surface area (Å²) < 4.78 is 2.01. The van der Waals surface area contributed by atoms with E-state index in [0.29, 0.717) is 0 Å². The fraction of sp³-hybridized carbons (Fsp3) is 0.455. The van der Waals surface area contributed by atoms with Gasteiger partial charge in [-0.15, -0.1) is 5.10 Å². The second-order valence-electron chi connectivity index (χ2n) is 6.14. The molecule has 0 atom stereocenters. The number of benzene rings is 1. The highest BCUT2D eigenvalue weighted by Crippen LogP contribution is 2.38. The average molecular weight is 353 g/mol. The van der Waals surface area contributed by atoms with E-state index in [-0.39, 0.29) is 0 Å². The molecule has 0 radical (unpaired) electrons. The first-order chi connectivity index (χ1) is 12.7. The van der Waals surface area contributed by atoms with Gasteiger partial charge >= 0.3 is 0 Å². The van der Waals surface area contributed by atoms with Gasteiger partial charge in [-0.1, -0.05) is 56.3 Å². The highest BCUT2D eigenvalue weighted by Gasteiger charge is 2.25. The lowest BCUT2D eigenvalue weighted by atomic mass is 9.96. The van der Waals surface area contributed by atoms with Crippen molar-refractivity contribution >= 4 is 11.3 Å². The second kappa shape index (κ2) is 9.37. The number of nitrogens with zero attached hydrogens (tertiary/aromatic N) is 4. The van der Waals surface area contributed by atoms with Gasteiger partial charge in [-0.05, 0) is 38.8 Å². The van der Waals surface area contributed by atoms with E-state index in [9.17, 15) is 0 Å². The molecule has 0 saturated carbocycles. The molecule has 2 heterocycles. The van der Waals surface area contributed by atoms with Crippen molar-refractivity contribution in [3.63, 3.8) is 0 Å². The van der Waals surface area contributed by atoms with Gasteiger partial charge in [-0.25, -0.2) is 4.68 Å². The number of fused-ring (bicyclic) bond motifs is 3. The Morgan fingerprint density at radius 2 is 1.81 bits per heavy atom. The largest absolute Gasteiger partial charge is 0.367 e. The molecule has 140 valence electrons. The molecule has 26 heavy (non-hydrogen) atoms.